The van der Waals surface area contributed by atoms with Crippen LogP contribution >= 0.6 is 44.3 Å². The highest BCUT2D eigenvalue weighted by Crippen LogP contribution is 2.33. The standard InChI is InChI=1S/C22H19Cl3F3N5O4S2/c23-15-5-1-6-16(24)19(15)21(35)31-12-14-4-3-9-38(14)39(36,37)33-32-18(34)7-2-8-29-20-17(25)10-13(11-30-20)22(26,27)28/h1,3-6,9-11,33H,2,7-8,12H2,(H2-,29,30,31,32,34,35)/p+1. The van der Waals surface area contributed by atoms with Crippen LogP contribution in [0.25, 0.3) is 0 Å². The van der Waals surface area contributed by atoms with Gasteiger partial charge in [0.15, 0.2) is 10.3 Å². The normalized spacial score (nSPS) is 12.2. The van der Waals surface area contributed by atoms with Crippen molar-refractivity contribution in [2.75, 3.05) is 11.9 Å². The summed E-state index contributed by atoms with van der Waals surface area (Å²) in [6.45, 7) is 0.0188. The van der Waals surface area contributed by atoms with Crippen molar-refractivity contribution < 1.29 is 31.2 Å². The molecule has 2 heterocycles. The van der Waals surface area contributed by atoms with E-state index in [0.29, 0.717) is 11.1 Å². The number of nitrogens with zero attached hydrogens (tertiary/aromatic N) is 1. The van der Waals surface area contributed by atoms with Crippen LogP contribution in [0.5, 0.6) is 0 Å². The van der Waals surface area contributed by atoms with Crippen LogP contribution in [0.15, 0.2) is 48.0 Å². The van der Waals surface area contributed by atoms with Crippen molar-refractivity contribution in [1.29, 1.82) is 0 Å². The number of hydrogen-bond acceptors (Lipinski definition) is 6. The van der Waals surface area contributed by atoms with Crippen molar-refractivity contribution in [3.05, 3.63) is 79.0 Å². The number of amides is 2. The molecular formula is C22H20Cl3F3N5O4S2+. The molecule has 0 aliphatic carbocycles. The first-order chi connectivity index (χ1) is 18.3. The Balaban J connectivity index is 1.48. The molecule has 4 N–H and O–H groups in total. The van der Waals surface area contributed by atoms with E-state index in [0.717, 1.165) is 6.07 Å². The summed E-state index contributed by atoms with van der Waals surface area (Å²) in [5.41, 5.74) is 1.18. The van der Waals surface area contributed by atoms with Crippen LogP contribution in [-0.4, -0.2) is 31.8 Å². The van der Waals surface area contributed by atoms with Crippen LogP contribution in [0, 0.1) is 0 Å². The smallest absolute Gasteiger partial charge is 0.369 e. The van der Waals surface area contributed by atoms with Gasteiger partial charge in [-0.2, -0.15) is 21.6 Å². The number of rotatable bonds is 11. The number of anilines is 1. The maximum absolute atomic E-state index is 12.7. The lowest BCUT2D eigenvalue weighted by atomic mass is 10.2. The summed E-state index contributed by atoms with van der Waals surface area (Å²) in [5, 5.41) is 6.76. The van der Waals surface area contributed by atoms with E-state index in [2.05, 4.69) is 21.0 Å². The van der Waals surface area contributed by atoms with Crippen molar-refractivity contribution in [3.8, 4) is 0 Å². The second kappa shape index (κ2) is 13.2. The predicted molar refractivity (Wildman–Crippen MR) is 144 cm³/mol. The largest absolute Gasteiger partial charge is 0.426 e. The number of alkyl halides is 3. The fourth-order valence-electron chi connectivity index (χ4n) is 3.09. The molecule has 2 aromatic heterocycles. The highest BCUT2D eigenvalue weighted by molar-refractivity contribution is 8.38. The number of carbonyl (C=O) groups excluding carboxylic acids is 2. The van der Waals surface area contributed by atoms with Gasteiger partial charge in [-0.1, -0.05) is 45.7 Å². The van der Waals surface area contributed by atoms with Gasteiger partial charge >= 0.3 is 15.2 Å². The summed E-state index contributed by atoms with van der Waals surface area (Å²) in [6.07, 6.45) is -3.87. The Hall–Kier alpha value is -2.62. The highest BCUT2D eigenvalue weighted by Gasteiger charge is 2.32. The number of thiophene rings is 1. The van der Waals surface area contributed by atoms with Gasteiger partial charge in [0.1, 0.15) is 15.3 Å². The molecule has 9 nitrogen and oxygen atoms in total. The molecule has 1 atom stereocenters. The van der Waals surface area contributed by atoms with Crippen LogP contribution in [0.3, 0.4) is 0 Å². The zero-order chi connectivity index (χ0) is 28.8. The minimum absolute atomic E-state index is 0.0169. The number of hydrogen-bond donors (Lipinski definition) is 4. The molecule has 1 unspecified atom stereocenters. The number of nitrogens with one attached hydrogen (secondary N) is 4. The molecule has 3 rings (SSSR count). The molecule has 210 valence electrons. The highest BCUT2D eigenvalue weighted by atomic mass is 35.5. The summed E-state index contributed by atoms with van der Waals surface area (Å²) in [7, 11) is -5.56. The van der Waals surface area contributed by atoms with Crippen LogP contribution < -0.4 is 20.9 Å². The second-order valence-electron chi connectivity index (χ2n) is 7.73. The zero-order valence-corrected chi connectivity index (χ0v) is 23.5. The molecule has 0 spiro atoms. The van der Waals surface area contributed by atoms with E-state index in [-0.39, 0.29) is 52.4 Å². The monoisotopic (exact) mass is 644 g/mol. The van der Waals surface area contributed by atoms with E-state index in [1.165, 1.54) is 29.6 Å². The summed E-state index contributed by atoms with van der Waals surface area (Å²) in [5.74, 6) is -1.21. The third-order valence-corrected chi connectivity index (χ3v) is 10.5. The number of hydrazine groups is 1. The van der Waals surface area contributed by atoms with E-state index in [4.69, 9.17) is 34.8 Å². The predicted octanol–water partition coefficient (Wildman–Crippen LogP) is 5.35. The number of carbonyl (C=O) groups is 2. The van der Waals surface area contributed by atoms with Crippen molar-refractivity contribution in [1.82, 2.24) is 20.6 Å². The minimum atomic E-state index is -4.58. The van der Waals surface area contributed by atoms with Crippen LogP contribution in [0.1, 0.15) is 33.6 Å². The molecule has 0 radical (unpaired) electrons. The molecule has 0 aliphatic rings. The minimum Gasteiger partial charge on any atom is -0.369 e. The molecule has 0 bridgehead atoms. The van der Waals surface area contributed by atoms with Gasteiger partial charge in [-0.25, -0.2) is 4.98 Å². The number of halogens is 6. The summed E-state index contributed by atoms with van der Waals surface area (Å²) in [4.78, 5) is 30.6. The summed E-state index contributed by atoms with van der Waals surface area (Å²) in [6, 6.07) is 8.35. The lowest BCUT2D eigenvalue weighted by Gasteiger charge is -2.10. The van der Waals surface area contributed by atoms with Gasteiger partial charge in [-0.15, -0.1) is 0 Å². The van der Waals surface area contributed by atoms with Gasteiger partial charge in [0.05, 0.1) is 32.7 Å². The van der Waals surface area contributed by atoms with Gasteiger partial charge in [-0.3, -0.25) is 15.0 Å². The van der Waals surface area contributed by atoms with Gasteiger partial charge < -0.3 is 10.6 Å². The Morgan fingerprint density at radius 1 is 1.03 bits per heavy atom. The average Bonchev–Trinajstić information content (AvgIpc) is 3.34. The van der Waals surface area contributed by atoms with Crippen molar-refractivity contribution in [2.24, 2.45) is 0 Å². The van der Waals surface area contributed by atoms with Crippen molar-refractivity contribution in [3.63, 3.8) is 0 Å². The van der Waals surface area contributed by atoms with Crippen molar-refractivity contribution in [2.45, 2.75) is 25.6 Å². The quantitative estimate of drug-likeness (QED) is 0.0964. The first-order valence-electron chi connectivity index (χ1n) is 10.9. The fourth-order valence-corrected chi connectivity index (χ4v) is 7.69. The first kappa shape index (κ1) is 30.9. The Bertz CT molecular complexity index is 1450. The molecule has 0 fully saturated rings. The van der Waals surface area contributed by atoms with Gasteiger partial charge in [0, 0.05) is 25.2 Å². The Labute approximate surface area is 238 Å². The van der Waals surface area contributed by atoms with Gasteiger partial charge in [0.2, 0.25) is 5.91 Å². The summed E-state index contributed by atoms with van der Waals surface area (Å²) < 4.78 is 63.6. The Morgan fingerprint density at radius 2 is 1.72 bits per heavy atom. The van der Waals surface area contributed by atoms with Crippen LogP contribution in [0.4, 0.5) is 19.0 Å². The van der Waals surface area contributed by atoms with Gasteiger partial charge in [0.25, 0.3) is 5.91 Å². The van der Waals surface area contributed by atoms with E-state index >= 15 is 0 Å². The fraction of sp³-hybridized carbons (Fsp3) is 0.227. The van der Waals surface area contributed by atoms with E-state index in [9.17, 15) is 31.2 Å². The third-order valence-electron chi connectivity index (χ3n) is 4.95. The number of aromatic nitrogens is 1. The second-order valence-corrected chi connectivity index (χ2v) is 13.8. The van der Waals surface area contributed by atoms with E-state index in [1.807, 2.05) is 4.83 Å². The third kappa shape index (κ3) is 8.43. The molecule has 0 aliphatic heterocycles. The van der Waals surface area contributed by atoms with E-state index in [1.54, 1.807) is 6.07 Å². The molecule has 1 aromatic carbocycles. The molecule has 17 heteroatoms. The zero-order valence-electron chi connectivity index (χ0n) is 19.6. The topological polar surface area (TPSA) is 129 Å². The molecule has 0 saturated heterocycles. The molecular weight excluding hydrogens is 626 g/mol. The molecule has 2 amide bonds. The SMILES string of the molecule is O=C(CCCNc1ncc(C(F)(F)F)cc1Cl)NNS(=O)(=O)[s+]1cccc1CNC(=O)c1c(Cl)cccc1Cl. The Kier molecular flexibility index (Phi) is 10.4. The maximum Gasteiger partial charge on any atom is 0.426 e. The van der Waals surface area contributed by atoms with E-state index < -0.39 is 42.1 Å². The first-order valence-corrected chi connectivity index (χ1v) is 15.3. The maximum atomic E-state index is 12.7. The van der Waals surface area contributed by atoms with Crippen molar-refractivity contribution >= 4 is 71.0 Å². The lowest BCUT2D eigenvalue weighted by Crippen LogP contribution is -2.40. The Morgan fingerprint density at radius 3 is 2.36 bits per heavy atom. The lowest BCUT2D eigenvalue weighted by molar-refractivity contribution is -0.137. The number of benzene rings is 1. The average molecular weight is 646 g/mol. The molecule has 0 saturated carbocycles. The summed E-state index contributed by atoms with van der Waals surface area (Å²) >= 11 is 17.9. The van der Waals surface area contributed by atoms with Crippen LogP contribution in [0.2, 0.25) is 15.1 Å². The molecule has 3 aromatic rings. The van der Waals surface area contributed by atoms with Gasteiger partial charge in [-0.05, 0) is 30.7 Å². The van der Waals surface area contributed by atoms with Crippen LogP contribution in [-0.2, 0) is 26.6 Å². The number of pyridine rings is 1. The molecule has 39 heavy (non-hydrogen) atoms.